The Morgan fingerprint density at radius 3 is 2.71 bits per heavy atom. The normalized spacial score (nSPS) is 10.2. The lowest BCUT2D eigenvalue weighted by atomic mass is 10.0. The van der Waals surface area contributed by atoms with Gasteiger partial charge in [-0.05, 0) is 49.6 Å². The Morgan fingerprint density at radius 1 is 1.43 bits per heavy atom. The third-order valence-corrected chi connectivity index (χ3v) is 2.34. The maximum atomic E-state index is 6.00. The van der Waals surface area contributed by atoms with Crippen LogP contribution in [0.1, 0.15) is 24.5 Å². The van der Waals surface area contributed by atoms with Crippen LogP contribution in [0.4, 0.5) is 0 Å². The second-order valence-electron chi connectivity index (χ2n) is 3.52. The lowest BCUT2D eigenvalue weighted by molar-refractivity contribution is 0.832. The van der Waals surface area contributed by atoms with Gasteiger partial charge in [0.1, 0.15) is 0 Å². The van der Waals surface area contributed by atoms with E-state index in [1.54, 1.807) is 0 Å². The fraction of sp³-hybridized carbons (Fsp3) is 0.333. The van der Waals surface area contributed by atoms with Crippen molar-refractivity contribution in [2.75, 3.05) is 6.54 Å². The van der Waals surface area contributed by atoms with Crippen molar-refractivity contribution in [1.82, 2.24) is 0 Å². The molecule has 0 saturated heterocycles. The zero-order chi connectivity index (χ0) is 10.6. The van der Waals surface area contributed by atoms with E-state index in [0.29, 0.717) is 0 Å². The van der Waals surface area contributed by atoms with Crippen molar-refractivity contribution in [2.45, 2.75) is 19.8 Å². The molecule has 1 nitrogen and oxygen atoms in total. The monoisotopic (exact) mass is 209 g/mol. The molecule has 2 heteroatoms. The zero-order valence-electron chi connectivity index (χ0n) is 8.52. The predicted molar refractivity (Wildman–Crippen MR) is 63.5 cm³/mol. The molecule has 0 heterocycles. The van der Waals surface area contributed by atoms with Crippen molar-refractivity contribution in [3.8, 4) is 0 Å². The van der Waals surface area contributed by atoms with Gasteiger partial charge < -0.3 is 5.73 Å². The van der Waals surface area contributed by atoms with Gasteiger partial charge in [-0.2, -0.15) is 0 Å². The highest BCUT2D eigenvalue weighted by atomic mass is 35.5. The van der Waals surface area contributed by atoms with Crippen molar-refractivity contribution in [1.29, 1.82) is 0 Å². The van der Waals surface area contributed by atoms with Crippen LogP contribution in [0.3, 0.4) is 0 Å². The number of benzene rings is 1. The quantitative estimate of drug-likeness (QED) is 0.810. The molecule has 0 saturated carbocycles. The number of allylic oxidation sites excluding steroid dienone is 1. The minimum atomic E-state index is 0.717. The molecule has 0 aliphatic heterocycles. The Kier molecular flexibility index (Phi) is 4.18. The summed E-state index contributed by atoms with van der Waals surface area (Å²) < 4.78 is 0. The molecule has 1 aromatic carbocycles. The molecule has 0 unspecified atom stereocenters. The molecule has 0 atom stereocenters. The van der Waals surface area contributed by atoms with E-state index < -0.39 is 0 Å². The summed E-state index contributed by atoms with van der Waals surface area (Å²) in [6, 6.07) is 6.06. The molecule has 14 heavy (non-hydrogen) atoms. The molecule has 0 amide bonds. The Morgan fingerprint density at radius 2 is 2.14 bits per heavy atom. The SMILES string of the molecule is C=C(C)c1cc(Cl)cc(CCCN)c1. The Labute approximate surface area is 90.6 Å². The first-order chi connectivity index (χ1) is 6.63. The molecule has 76 valence electrons. The second kappa shape index (κ2) is 5.18. The van der Waals surface area contributed by atoms with Crippen LogP contribution in [0.5, 0.6) is 0 Å². The molecule has 0 aromatic heterocycles. The van der Waals surface area contributed by atoms with Gasteiger partial charge in [0, 0.05) is 5.02 Å². The van der Waals surface area contributed by atoms with E-state index in [2.05, 4.69) is 12.6 Å². The third kappa shape index (κ3) is 3.17. The average molecular weight is 210 g/mol. The van der Waals surface area contributed by atoms with Gasteiger partial charge in [0.25, 0.3) is 0 Å². The molecular formula is C12H16ClN. The van der Waals surface area contributed by atoms with Crippen LogP contribution in [0.25, 0.3) is 5.57 Å². The van der Waals surface area contributed by atoms with Gasteiger partial charge in [0.05, 0.1) is 0 Å². The molecule has 0 radical (unpaired) electrons. The minimum absolute atomic E-state index is 0.717. The van der Waals surface area contributed by atoms with Gasteiger partial charge in [0.15, 0.2) is 0 Å². The van der Waals surface area contributed by atoms with Gasteiger partial charge in [-0.1, -0.05) is 29.8 Å². The fourth-order valence-electron chi connectivity index (χ4n) is 1.35. The van der Waals surface area contributed by atoms with Crippen LogP contribution >= 0.6 is 11.6 Å². The van der Waals surface area contributed by atoms with Crippen molar-refractivity contribution in [2.24, 2.45) is 5.73 Å². The number of halogens is 1. The van der Waals surface area contributed by atoms with E-state index in [1.165, 1.54) is 5.56 Å². The van der Waals surface area contributed by atoms with Crippen LogP contribution in [0.15, 0.2) is 24.8 Å². The van der Waals surface area contributed by atoms with Crippen molar-refractivity contribution in [3.05, 3.63) is 40.9 Å². The molecule has 0 aliphatic rings. The highest BCUT2D eigenvalue weighted by molar-refractivity contribution is 6.30. The van der Waals surface area contributed by atoms with E-state index >= 15 is 0 Å². The van der Waals surface area contributed by atoms with Crippen LogP contribution < -0.4 is 5.73 Å². The van der Waals surface area contributed by atoms with E-state index in [9.17, 15) is 0 Å². The molecule has 2 N–H and O–H groups in total. The number of hydrogen-bond donors (Lipinski definition) is 1. The third-order valence-electron chi connectivity index (χ3n) is 2.12. The number of hydrogen-bond acceptors (Lipinski definition) is 1. The molecule has 1 rings (SSSR count). The summed E-state index contributed by atoms with van der Waals surface area (Å²) in [7, 11) is 0. The highest BCUT2D eigenvalue weighted by Crippen LogP contribution is 2.20. The maximum absolute atomic E-state index is 6.00. The van der Waals surface area contributed by atoms with Gasteiger partial charge in [-0.15, -0.1) is 0 Å². The van der Waals surface area contributed by atoms with Gasteiger partial charge in [0.2, 0.25) is 0 Å². The second-order valence-corrected chi connectivity index (χ2v) is 3.96. The zero-order valence-corrected chi connectivity index (χ0v) is 9.27. The van der Waals surface area contributed by atoms with Crippen molar-refractivity contribution in [3.63, 3.8) is 0 Å². The molecule has 0 fully saturated rings. The van der Waals surface area contributed by atoms with Crippen molar-refractivity contribution < 1.29 is 0 Å². The standard InChI is InChI=1S/C12H16ClN/c1-9(2)11-6-10(4-3-5-14)7-12(13)8-11/h6-8H,1,3-5,14H2,2H3. The summed E-state index contributed by atoms with van der Waals surface area (Å²) in [4.78, 5) is 0. The first-order valence-corrected chi connectivity index (χ1v) is 5.16. The van der Waals surface area contributed by atoms with Crippen LogP contribution in [0.2, 0.25) is 5.02 Å². The topological polar surface area (TPSA) is 26.0 Å². The van der Waals surface area contributed by atoms with Crippen LogP contribution in [-0.2, 0) is 6.42 Å². The Balaban J connectivity index is 2.89. The summed E-state index contributed by atoms with van der Waals surface area (Å²) >= 11 is 6.00. The van der Waals surface area contributed by atoms with E-state index in [1.807, 2.05) is 19.1 Å². The number of nitrogens with two attached hydrogens (primary N) is 1. The number of aryl methyl sites for hydroxylation is 1. The summed E-state index contributed by atoms with van der Waals surface area (Å²) in [5.74, 6) is 0. The summed E-state index contributed by atoms with van der Waals surface area (Å²) in [6.07, 6.45) is 1.98. The molecule has 0 spiro atoms. The largest absolute Gasteiger partial charge is 0.330 e. The summed E-state index contributed by atoms with van der Waals surface area (Å²) in [6.45, 7) is 6.61. The molecular weight excluding hydrogens is 194 g/mol. The smallest absolute Gasteiger partial charge is 0.0414 e. The highest BCUT2D eigenvalue weighted by Gasteiger charge is 2.00. The summed E-state index contributed by atoms with van der Waals surface area (Å²) in [5, 5.41) is 0.775. The van der Waals surface area contributed by atoms with E-state index in [0.717, 1.165) is 35.5 Å². The average Bonchev–Trinajstić information content (AvgIpc) is 2.14. The lowest BCUT2D eigenvalue weighted by Crippen LogP contribution is -2.00. The van der Waals surface area contributed by atoms with Gasteiger partial charge in [-0.25, -0.2) is 0 Å². The maximum Gasteiger partial charge on any atom is 0.0414 e. The van der Waals surface area contributed by atoms with Crippen molar-refractivity contribution >= 4 is 17.2 Å². The molecule has 1 aromatic rings. The molecule has 0 aliphatic carbocycles. The first-order valence-electron chi connectivity index (χ1n) is 4.79. The molecule has 0 bridgehead atoms. The lowest BCUT2D eigenvalue weighted by Gasteiger charge is -2.05. The summed E-state index contributed by atoms with van der Waals surface area (Å²) in [5.41, 5.74) is 8.86. The Hall–Kier alpha value is -0.790. The van der Waals surface area contributed by atoms with Crippen LogP contribution in [0, 0.1) is 0 Å². The Bertz CT molecular complexity index is 331. The first kappa shape index (κ1) is 11.3. The number of rotatable bonds is 4. The van der Waals surface area contributed by atoms with E-state index in [4.69, 9.17) is 17.3 Å². The van der Waals surface area contributed by atoms with Gasteiger partial charge >= 0.3 is 0 Å². The predicted octanol–water partition coefficient (Wildman–Crippen LogP) is 3.26. The van der Waals surface area contributed by atoms with Gasteiger partial charge in [-0.3, -0.25) is 0 Å². The minimum Gasteiger partial charge on any atom is -0.330 e. The fourth-order valence-corrected chi connectivity index (χ4v) is 1.61. The van der Waals surface area contributed by atoms with E-state index in [-0.39, 0.29) is 0 Å². The van der Waals surface area contributed by atoms with Crippen LogP contribution in [-0.4, -0.2) is 6.54 Å².